The highest BCUT2D eigenvalue weighted by atomic mass is 32.2. The third-order valence-corrected chi connectivity index (χ3v) is 3.74. The lowest BCUT2D eigenvalue weighted by molar-refractivity contribution is -0.124. The number of benzene rings is 1. The van der Waals surface area contributed by atoms with E-state index in [0.29, 0.717) is 12.1 Å². The first-order valence-corrected chi connectivity index (χ1v) is 7.00. The van der Waals surface area contributed by atoms with E-state index in [1.807, 2.05) is 6.92 Å². The maximum absolute atomic E-state index is 11.9. The topological polar surface area (TPSA) is 83.5 Å². The van der Waals surface area contributed by atoms with Crippen LogP contribution in [0.5, 0.6) is 0 Å². The molecule has 0 saturated heterocycles. The van der Waals surface area contributed by atoms with Gasteiger partial charge in [-0.3, -0.25) is 9.35 Å². The SMILES string of the molecule is CCC(C)(C)C(=O)Nc1cccc(S(=O)(=O)O)c1. The molecule has 100 valence electrons. The molecule has 0 aliphatic carbocycles. The van der Waals surface area contributed by atoms with Crippen molar-refractivity contribution in [3.05, 3.63) is 24.3 Å². The van der Waals surface area contributed by atoms with E-state index in [9.17, 15) is 13.2 Å². The van der Waals surface area contributed by atoms with Crippen LogP contribution in [0, 0.1) is 5.41 Å². The molecule has 18 heavy (non-hydrogen) atoms. The van der Waals surface area contributed by atoms with Crippen LogP contribution >= 0.6 is 0 Å². The smallest absolute Gasteiger partial charge is 0.294 e. The molecular weight excluding hydrogens is 254 g/mol. The van der Waals surface area contributed by atoms with Crippen LogP contribution in [0.2, 0.25) is 0 Å². The molecule has 1 aromatic carbocycles. The standard InChI is InChI=1S/C12H17NO4S/c1-4-12(2,3)11(14)13-9-6-5-7-10(8-9)18(15,16)17/h5-8H,4H2,1-3H3,(H,13,14)(H,15,16,17). The Morgan fingerprint density at radius 1 is 1.39 bits per heavy atom. The first kappa shape index (κ1) is 14.7. The molecule has 0 radical (unpaired) electrons. The Balaban J connectivity index is 2.97. The minimum absolute atomic E-state index is 0.197. The summed E-state index contributed by atoms with van der Waals surface area (Å²) >= 11 is 0. The maximum Gasteiger partial charge on any atom is 0.294 e. The number of nitrogens with one attached hydrogen (secondary N) is 1. The first-order valence-electron chi connectivity index (χ1n) is 5.56. The molecule has 0 spiro atoms. The number of hydrogen-bond donors (Lipinski definition) is 2. The summed E-state index contributed by atoms with van der Waals surface area (Å²) in [7, 11) is -4.25. The Kier molecular flexibility index (Phi) is 4.13. The van der Waals surface area contributed by atoms with E-state index in [-0.39, 0.29) is 10.8 Å². The summed E-state index contributed by atoms with van der Waals surface area (Å²) in [6.45, 7) is 5.50. The van der Waals surface area contributed by atoms with Crippen LogP contribution < -0.4 is 5.32 Å². The highest BCUT2D eigenvalue weighted by Crippen LogP contribution is 2.23. The van der Waals surface area contributed by atoms with Crippen molar-refractivity contribution in [3.8, 4) is 0 Å². The van der Waals surface area contributed by atoms with Crippen LogP contribution in [0.4, 0.5) is 5.69 Å². The van der Waals surface area contributed by atoms with Crippen molar-refractivity contribution < 1.29 is 17.8 Å². The van der Waals surface area contributed by atoms with Crippen molar-refractivity contribution >= 4 is 21.7 Å². The van der Waals surface area contributed by atoms with Crippen molar-refractivity contribution in [3.63, 3.8) is 0 Å². The highest BCUT2D eigenvalue weighted by molar-refractivity contribution is 7.85. The summed E-state index contributed by atoms with van der Waals surface area (Å²) in [5.74, 6) is -0.197. The van der Waals surface area contributed by atoms with Crippen molar-refractivity contribution in [2.24, 2.45) is 5.41 Å². The summed E-state index contributed by atoms with van der Waals surface area (Å²) in [6.07, 6.45) is 0.664. The molecule has 0 aliphatic rings. The molecule has 0 atom stereocenters. The van der Waals surface area contributed by atoms with Gasteiger partial charge in [0.1, 0.15) is 0 Å². The fourth-order valence-corrected chi connectivity index (χ4v) is 1.72. The first-order chi connectivity index (χ1) is 8.16. The van der Waals surface area contributed by atoms with Gasteiger partial charge in [-0.05, 0) is 24.6 Å². The minimum atomic E-state index is -4.25. The van der Waals surface area contributed by atoms with Gasteiger partial charge < -0.3 is 5.32 Å². The number of carbonyl (C=O) groups is 1. The van der Waals surface area contributed by atoms with Crippen molar-refractivity contribution in [1.82, 2.24) is 0 Å². The molecule has 1 aromatic rings. The van der Waals surface area contributed by atoms with Gasteiger partial charge >= 0.3 is 0 Å². The van der Waals surface area contributed by atoms with E-state index in [2.05, 4.69) is 5.32 Å². The Hall–Kier alpha value is -1.40. The van der Waals surface area contributed by atoms with Gasteiger partial charge in [0.25, 0.3) is 10.1 Å². The maximum atomic E-state index is 11.9. The number of rotatable bonds is 4. The third-order valence-electron chi connectivity index (χ3n) is 2.89. The van der Waals surface area contributed by atoms with Crippen LogP contribution in [-0.2, 0) is 14.9 Å². The average Bonchev–Trinajstić information content (AvgIpc) is 2.28. The monoisotopic (exact) mass is 271 g/mol. The van der Waals surface area contributed by atoms with Gasteiger partial charge in [-0.2, -0.15) is 8.42 Å². The van der Waals surface area contributed by atoms with Crippen molar-refractivity contribution in [2.45, 2.75) is 32.1 Å². The summed E-state index contributed by atoms with van der Waals surface area (Å²) in [4.78, 5) is 11.7. The second-order valence-electron chi connectivity index (χ2n) is 4.69. The molecule has 0 aliphatic heterocycles. The van der Waals surface area contributed by atoms with Crippen LogP contribution in [0.3, 0.4) is 0 Å². The van der Waals surface area contributed by atoms with Crippen LogP contribution in [0.15, 0.2) is 29.2 Å². The molecule has 0 aromatic heterocycles. The summed E-state index contributed by atoms with van der Waals surface area (Å²) < 4.78 is 30.8. The van der Waals surface area contributed by atoms with Gasteiger partial charge in [-0.25, -0.2) is 0 Å². The molecule has 1 amide bonds. The number of hydrogen-bond acceptors (Lipinski definition) is 3. The van der Waals surface area contributed by atoms with E-state index in [1.54, 1.807) is 19.9 Å². The van der Waals surface area contributed by atoms with Gasteiger partial charge in [0.2, 0.25) is 5.91 Å². The molecule has 0 heterocycles. The van der Waals surface area contributed by atoms with Crippen molar-refractivity contribution in [1.29, 1.82) is 0 Å². The van der Waals surface area contributed by atoms with Gasteiger partial charge in [0, 0.05) is 11.1 Å². The normalized spacial score (nSPS) is 12.2. The summed E-state index contributed by atoms with van der Waals surface area (Å²) in [5, 5.41) is 2.63. The molecule has 0 saturated carbocycles. The van der Waals surface area contributed by atoms with Crippen LogP contribution in [0.25, 0.3) is 0 Å². The van der Waals surface area contributed by atoms with Gasteiger partial charge in [-0.1, -0.05) is 26.8 Å². The third kappa shape index (κ3) is 3.54. The highest BCUT2D eigenvalue weighted by Gasteiger charge is 2.25. The van der Waals surface area contributed by atoms with E-state index in [0.717, 1.165) is 0 Å². The average molecular weight is 271 g/mol. The van der Waals surface area contributed by atoms with Gasteiger partial charge in [-0.15, -0.1) is 0 Å². The fourth-order valence-electron chi connectivity index (χ4n) is 1.20. The molecule has 0 fully saturated rings. The molecule has 6 heteroatoms. The summed E-state index contributed by atoms with van der Waals surface area (Å²) in [6, 6.07) is 5.50. The second kappa shape index (κ2) is 5.07. The van der Waals surface area contributed by atoms with Crippen molar-refractivity contribution in [2.75, 3.05) is 5.32 Å². The molecule has 2 N–H and O–H groups in total. The Morgan fingerprint density at radius 2 is 2.00 bits per heavy atom. The predicted octanol–water partition coefficient (Wildman–Crippen LogP) is 2.31. The summed E-state index contributed by atoms with van der Waals surface area (Å²) in [5.41, 5.74) is -0.190. The second-order valence-corrected chi connectivity index (χ2v) is 6.12. The Labute approximate surface area is 107 Å². The lowest BCUT2D eigenvalue weighted by Gasteiger charge is -2.21. The van der Waals surface area contributed by atoms with E-state index < -0.39 is 15.5 Å². The molecule has 5 nitrogen and oxygen atoms in total. The van der Waals surface area contributed by atoms with E-state index in [4.69, 9.17) is 4.55 Å². The number of carbonyl (C=O) groups excluding carboxylic acids is 1. The molecular formula is C12H17NO4S. The van der Waals surface area contributed by atoms with Gasteiger partial charge in [0.15, 0.2) is 0 Å². The minimum Gasteiger partial charge on any atom is -0.326 e. The zero-order chi connectivity index (χ0) is 14.0. The Morgan fingerprint density at radius 3 is 2.50 bits per heavy atom. The quantitative estimate of drug-likeness (QED) is 0.823. The molecule has 0 unspecified atom stereocenters. The molecule has 0 bridgehead atoms. The van der Waals surface area contributed by atoms with Gasteiger partial charge in [0.05, 0.1) is 4.90 Å². The molecule has 1 rings (SSSR count). The number of amides is 1. The lowest BCUT2D eigenvalue weighted by Crippen LogP contribution is -2.30. The predicted molar refractivity (Wildman–Crippen MR) is 69.0 cm³/mol. The van der Waals surface area contributed by atoms with Crippen LogP contribution in [-0.4, -0.2) is 18.9 Å². The Bertz CT molecular complexity index is 549. The zero-order valence-corrected chi connectivity index (χ0v) is 11.4. The van der Waals surface area contributed by atoms with E-state index in [1.165, 1.54) is 18.2 Å². The fraction of sp³-hybridized carbons (Fsp3) is 0.417. The zero-order valence-electron chi connectivity index (χ0n) is 10.6. The van der Waals surface area contributed by atoms with Crippen LogP contribution in [0.1, 0.15) is 27.2 Å². The van der Waals surface area contributed by atoms with E-state index >= 15 is 0 Å². The lowest BCUT2D eigenvalue weighted by atomic mass is 9.89. The largest absolute Gasteiger partial charge is 0.326 e. The number of anilines is 1.